The quantitative estimate of drug-likeness (QED) is 0.852. The molecule has 1 heterocycles. The fraction of sp³-hybridized carbons (Fsp3) is 0.533. The summed E-state index contributed by atoms with van der Waals surface area (Å²) in [6.07, 6.45) is 0.581. The van der Waals surface area contributed by atoms with Crippen LogP contribution in [0.1, 0.15) is 41.8 Å². The van der Waals surface area contributed by atoms with Crippen LogP contribution in [-0.2, 0) is 18.0 Å². The number of hydrogen-bond acceptors (Lipinski definition) is 3. The first kappa shape index (κ1) is 14.0. The summed E-state index contributed by atoms with van der Waals surface area (Å²) in [5, 5.41) is 12.0. The molecule has 1 unspecified atom stereocenters. The highest BCUT2D eigenvalue weighted by molar-refractivity contribution is 5.94. The van der Waals surface area contributed by atoms with E-state index in [4.69, 9.17) is 9.84 Å². The molecule has 0 saturated heterocycles. The number of carbonyl (C=O) groups is 1. The van der Waals surface area contributed by atoms with Gasteiger partial charge in [-0.05, 0) is 35.6 Å². The molecule has 1 amide bonds. The Kier molecular flexibility index (Phi) is 4.56. The summed E-state index contributed by atoms with van der Waals surface area (Å²) in [6.45, 7) is 5.38. The Bertz CT molecular complexity index is 457. The molecule has 2 rings (SSSR count). The number of aliphatic hydroxyl groups excluding tert-OH is 1. The van der Waals surface area contributed by atoms with Crippen molar-refractivity contribution in [2.24, 2.45) is 5.92 Å². The van der Waals surface area contributed by atoms with E-state index in [9.17, 15) is 4.79 Å². The van der Waals surface area contributed by atoms with E-state index in [2.05, 4.69) is 5.32 Å². The second kappa shape index (κ2) is 6.17. The molecule has 0 spiro atoms. The average Bonchev–Trinajstić information content (AvgIpc) is 2.85. The summed E-state index contributed by atoms with van der Waals surface area (Å²) in [4.78, 5) is 12.2. The van der Waals surface area contributed by atoms with Crippen LogP contribution in [0, 0.1) is 5.92 Å². The number of ether oxygens (including phenoxy) is 1. The lowest BCUT2D eigenvalue weighted by atomic mass is 10.00. The standard InChI is InChI=1S/C15H21NO3/c1-10(2)14(5-6-17)16-15(18)11-3-4-12-8-19-9-13(12)7-11/h3-4,7,10,14,17H,5-6,8-9H2,1-2H3,(H,16,18). The van der Waals surface area contributed by atoms with E-state index in [-0.39, 0.29) is 18.6 Å². The highest BCUT2D eigenvalue weighted by atomic mass is 16.5. The number of aliphatic hydroxyl groups is 1. The van der Waals surface area contributed by atoms with Crippen molar-refractivity contribution in [1.29, 1.82) is 0 Å². The molecule has 19 heavy (non-hydrogen) atoms. The molecule has 1 aromatic rings. The third-order valence-corrected chi connectivity index (χ3v) is 3.54. The summed E-state index contributed by atoms with van der Waals surface area (Å²) < 4.78 is 5.34. The van der Waals surface area contributed by atoms with Crippen LogP contribution in [0.4, 0.5) is 0 Å². The van der Waals surface area contributed by atoms with E-state index in [0.717, 1.165) is 11.1 Å². The predicted molar refractivity (Wildman–Crippen MR) is 72.7 cm³/mol. The van der Waals surface area contributed by atoms with E-state index in [1.165, 1.54) is 0 Å². The number of nitrogens with one attached hydrogen (secondary N) is 1. The molecule has 0 aliphatic carbocycles. The first-order valence-corrected chi connectivity index (χ1v) is 6.73. The molecule has 2 N–H and O–H groups in total. The van der Waals surface area contributed by atoms with Crippen LogP contribution in [0.15, 0.2) is 18.2 Å². The van der Waals surface area contributed by atoms with Crippen molar-refractivity contribution in [3.63, 3.8) is 0 Å². The Morgan fingerprint density at radius 2 is 2.11 bits per heavy atom. The van der Waals surface area contributed by atoms with Crippen molar-refractivity contribution in [2.75, 3.05) is 6.61 Å². The minimum Gasteiger partial charge on any atom is -0.396 e. The van der Waals surface area contributed by atoms with Crippen LogP contribution in [0.25, 0.3) is 0 Å². The molecular formula is C15H21NO3. The number of carbonyl (C=O) groups excluding carboxylic acids is 1. The van der Waals surface area contributed by atoms with E-state index >= 15 is 0 Å². The van der Waals surface area contributed by atoms with Crippen LogP contribution in [0.5, 0.6) is 0 Å². The Morgan fingerprint density at radius 3 is 2.79 bits per heavy atom. The smallest absolute Gasteiger partial charge is 0.251 e. The Hall–Kier alpha value is -1.39. The summed E-state index contributed by atoms with van der Waals surface area (Å²) in [5.74, 6) is 0.218. The number of benzene rings is 1. The van der Waals surface area contributed by atoms with Crippen molar-refractivity contribution in [3.05, 3.63) is 34.9 Å². The Morgan fingerprint density at radius 1 is 1.37 bits per heavy atom. The van der Waals surface area contributed by atoms with Gasteiger partial charge in [0.2, 0.25) is 0 Å². The topological polar surface area (TPSA) is 58.6 Å². The lowest BCUT2D eigenvalue weighted by molar-refractivity contribution is 0.0916. The molecule has 104 valence electrons. The first-order valence-electron chi connectivity index (χ1n) is 6.73. The third-order valence-electron chi connectivity index (χ3n) is 3.54. The maximum absolute atomic E-state index is 12.2. The normalized spacial score (nSPS) is 15.4. The van der Waals surface area contributed by atoms with Gasteiger partial charge in [0.1, 0.15) is 0 Å². The summed E-state index contributed by atoms with van der Waals surface area (Å²) in [5.41, 5.74) is 2.91. The average molecular weight is 263 g/mol. The van der Waals surface area contributed by atoms with Gasteiger partial charge in [-0.15, -0.1) is 0 Å². The van der Waals surface area contributed by atoms with Gasteiger partial charge in [0.25, 0.3) is 5.91 Å². The van der Waals surface area contributed by atoms with E-state index in [1.54, 1.807) is 0 Å². The molecular weight excluding hydrogens is 242 g/mol. The van der Waals surface area contributed by atoms with E-state index < -0.39 is 0 Å². The monoisotopic (exact) mass is 263 g/mol. The zero-order valence-corrected chi connectivity index (χ0v) is 11.5. The van der Waals surface area contributed by atoms with Gasteiger partial charge in [0, 0.05) is 18.2 Å². The summed E-state index contributed by atoms with van der Waals surface area (Å²) in [6, 6.07) is 5.68. The Labute approximate surface area is 113 Å². The fourth-order valence-electron chi connectivity index (χ4n) is 2.28. The van der Waals surface area contributed by atoms with Gasteiger partial charge in [-0.2, -0.15) is 0 Å². The van der Waals surface area contributed by atoms with Gasteiger partial charge in [-0.1, -0.05) is 19.9 Å². The van der Waals surface area contributed by atoms with Crippen molar-refractivity contribution in [3.8, 4) is 0 Å². The van der Waals surface area contributed by atoms with Gasteiger partial charge in [-0.25, -0.2) is 0 Å². The minimum absolute atomic E-state index is 0.00186. The number of amides is 1. The van der Waals surface area contributed by atoms with Crippen molar-refractivity contribution in [2.45, 2.75) is 39.5 Å². The van der Waals surface area contributed by atoms with Gasteiger partial charge < -0.3 is 15.2 Å². The minimum atomic E-state index is -0.0816. The second-order valence-electron chi connectivity index (χ2n) is 5.31. The molecule has 1 aliphatic rings. The highest BCUT2D eigenvalue weighted by Gasteiger charge is 2.18. The molecule has 1 aliphatic heterocycles. The van der Waals surface area contributed by atoms with Gasteiger partial charge in [0.15, 0.2) is 0 Å². The second-order valence-corrected chi connectivity index (χ2v) is 5.31. The van der Waals surface area contributed by atoms with Crippen molar-refractivity contribution >= 4 is 5.91 Å². The van der Waals surface area contributed by atoms with Crippen LogP contribution in [0.2, 0.25) is 0 Å². The van der Waals surface area contributed by atoms with Crippen LogP contribution >= 0.6 is 0 Å². The molecule has 0 bridgehead atoms. The van der Waals surface area contributed by atoms with Crippen molar-refractivity contribution in [1.82, 2.24) is 5.32 Å². The van der Waals surface area contributed by atoms with Crippen molar-refractivity contribution < 1.29 is 14.6 Å². The summed E-state index contributed by atoms with van der Waals surface area (Å²) in [7, 11) is 0. The highest BCUT2D eigenvalue weighted by Crippen LogP contribution is 2.21. The molecule has 0 fully saturated rings. The molecule has 0 aromatic heterocycles. The SMILES string of the molecule is CC(C)C(CCO)NC(=O)c1ccc2c(c1)COC2. The maximum Gasteiger partial charge on any atom is 0.251 e. The van der Waals surface area contributed by atoms with Gasteiger partial charge >= 0.3 is 0 Å². The molecule has 0 saturated carbocycles. The lowest BCUT2D eigenvalue weighted by Crippen LogP contribution is -2.39. The Balaban J connectivity index is 2.07. The maximum atomic E-state index is 12.2. The summed E-state index contributed by atoms with van der Waals surface area (Å²) >= 11 is 0. The fourth-order valence-corrected chi connectivity index (χ4v) is 2.28. The predicted octanol–water partition coefficient (Wildman–Crippen LogP) is 1.85. The van der Waals surface area contributed by atoms with Gasteiger partial charge in [-0.3, -0.25) is 4.79 Å². The first-order chi connectivity index (χ1) is 9.11. The molecule has 1 aromatic carbocycles. The largest absolute Gasteiger partial charge is 0.396 e. The van der Waals surface area contributed by atoms with Crippen LogP contribution in [-0.4, -0.2) is 23.7 Å². The zero-order chi connectivity index (χ0) is 13.8. The number of hydrogen-bond donors (Lipinski definition) is 2. The number of rotatable bonds is 5. The molecule has 4 heteroatoms. The van der Waals surface area contributed by atoms with E-state index in [1.807, 2.05) is 32.0 Å². The lowest BCUT2D eigenvalue weighted by Gasteiger charge is -2.21. The van der Waals surface area contributed by atoms with Crippen LogP contribution in [0.3, 0.4) is 0 Å². The zero-order valence-electron chi connectivity index (χ0n) is 11.5. The molecule has 1 atom stereocenters. The van der Waals surface area contributed by atoms with Crippen LogP contribution < -0.4 is 5.32 Å². The van der Waals surface area contributed by atoms with Gasteiger partial charge in [0.05, 0.1) is 13.2 Å². The molecule has 4 nitrogen and oxygen atoms in total. The molecule has 0 radical (unpaired) electrons. The number of fused-ring (bicyclic) bond motifs is 1. The van der Waals surface area contributed by atoms with E-state index in [0.29, 0.717) is 31.1 Å². The third kappa shape index (κ3) is 3.33.